The zero-order chi connectivity index (χ0) is 20.7. The number of likely N-dealkylation sites (N-methyl/N-ethyl adjacent to an activating group) is 1. The number of hydrogen-bond donors (Lipinski definition) is 2. The van der Waals surface area contributed by atoms with Gasteiger partial charge in [0.05, 0.1) is 6.61 Å². The van der Waals surface area contributed by atoms with E-state index in [-0.39, 0.29) is 0 Å². The molecule has 5 heteroatoms. The lowest BCUT2D eigenvalue weighted by molar-refractivity contribution is -0.115. The molecule has 2 aliphatic carbocycles. The number of aryl methyl sites for hydroxylation is 1. The van der Waals surface area contributed by atoms with Crippen LogP contribution in [0, 0.1) is 5.92 Å². The maximum absolute atomic E-state index is 10.3. The molecule has 160 valence electrons. The molecular formula is C25H33N3O2. The van der Waals surface area contributed by atoms with E-state index in [1.165, 1.54) is 22.0 Å². The predicted octanol–water partition coefficient (Wildman–Crippen LogP) is 3.30. The molecule has 4 atom stereocenters. The van der Waals surface area contributed by atoms with Gasteiger partial charge in [0, 0.05) is 49.2 Å². The molecule has 0 spiro atoms. The zero-order valence-corrected chi connectivity index (χ0v) is 18.1. The summed E-state index contributed by atoms with van der Waals surface area (Å²) >= 11 is 0. The number of ether oxygens (including phenoxy) is 1. The van der Waals surface area contributed by atoms with Crippen molar-refractivity contribution in [3.05, 3.63) is 59.3 Å². The highest BCUT2D eigenvalue weighted by Crippen LogP contribution is 2.44. The van der Waals surface area contributed by atoms with Gasteiger partial charge in [-0.3, -0.25) is 5.32 Å². The second-order valence-corrected chi connectivity index (χ2v) is 9.26. The van der Waals surface area contributed by atoms with Gasteiger partial charge in [0.25, 0.3) is 0 Å². The van der Waals surface area contributed by atoms with Crippen molar-refractivity contribution in [1.29, 1.82) is 0 Å². The van der Waals surface area contributed by atoms with Gasteiger partial charge in [-0.05, 0) is 61.4 Å². The van der Waals surface area contributed by atoms with Crippen LogP contribution in [0.15, 0.2) is 48.2 Å². The number of fused-ring (bicyclic) bond motifs is 2. The Morgan fingerprint density at radius 2 is 2.17 bits per heavy atom. The fourth-order valence-electron chi connectivity index (χ4n) is 5.76. The molecule has 1 aromatic carbocycles. The normalized spacial score (nSPS) is 27.2. The molecule has 0 amide bonds. The van der Waals surface area contributed by atoms with Crippen molar-refractivity contribution >= 4 is 10.9 Å². The van der Waals surface area contributed by atoms with Crippen molar-refractivity contribution < 1.29 is 9.84 Å². The van der Waals surface area contributed by atoms with E-state index in [0.29, 0.717) is 24.5 Å². The molecule has 2 aromatic rings. The molecule has 0 saturated carbocycles. The molecule has 5 nitrogen and oxygen atoms in total. The lowest BCUT2D eigenvalue weighted by atomic mass is 9.72. The second kappa shape index (κ2) is 8.31. The molecule has 2 heterocycles. The summed E-state index contributed by atoms with van der Waals surface area (Å²) in [5.74, 6) is 1.04. The highest BCUT2D eigenvalue weighted by atomic mass is 16.6. The Kier molecular flexibility index (Phi) is 5.54. The highest BCUT2D eigenvalue weighted by molar-refractivity contribution is 5.89. The van der Waals surface area contributed by atoms with Gasteiger partial charge >= 0.3 is 0 Å². The lowest BCUT2D eigenvalue weighted by Gasteiger charge is -2.45. The minimum absolute atomic E-state index is 0.457. The van der Waals surface area contributed by atoms with Gasteiger partial charge in [-0.2, -0.15) is 0 Å². The maximum atomic E-state index is 10.3. The molecule has 1 saturated heterocycles. The van der Waals surface area contributed by atoms with Crippen molar-refractivity contribution in [2.24, 2.45) is 13.0 Å². The van der Waals surface area contributed by atoms with E-state index >= 15 is 0 Å². The summed E-state index contributed by atoms with van der Waals surface area (Å²) in [6, 6.07) is 7.33. The summed E-state index contributed by atoms with van der Waals surface area (Å²) in [4.78, 5) is 2.53. The number of benzene rings is 1. The van der Waals surface area contributed by atoms with Gasteiger partial charge in [0.1, 0.15) is 0 Å². The first-order chi connectivity index (χ1) is 14.6. The van der Waals surface area contributed by atoms with Gasteiger partial charge in [-0.25, -0.2) is 0 Å². The van der Waals surface area contributed by atoms with Crippen molar-refractivity contribution in [3.63, 3.8) is 0 Å². The first kappa shape index (κ1) is 20.0. The monoisotopic (exact) mass is 407 g/mol. The third kappa shape index (κ3) is 3.76. The van der Waals surface area contributed by atoms with Gasteiger partial charge in [-0.1, -0.05) is 30.4 Å². The number of aliphatic hydroxyl groups excluding tert-OH is 1. The van der Waals surface area contributed by atoms with E-state index in [1.807, 2.05) is 0 Å². The van der Waals surface area contributed by atoms with E-state index in [4.69, 9.17) is 4.74 Å². The smallest absolute Gasteiger partial charge is 0.213 e. The largest absolute Gasteiger partial charge is 0.356 e. The SMILES string of the molecule is CN1CC(CNC(O)OCC2=CCCC=C2)CC2c3cccc4c3c(cn4C)CC21. The van der Waals surface area contributed by atoms with Crippen LogP contribution in [0.25, 0.3) is 10.9 Å². The van der Waals surface area contributed by atoms with E-state index in [0.717, 1.165) is 44.3 Å². The summed E-state index contributed by atoms with van der Waals surface area (Å²) in [5.41, 5.74) is 5.49. The van der Waals surface area contributed by atoms with Crippen molar-refractivity contribution in [1.82, 2.24) is 14.8 Å². The van der Waals surface area contributed by atoms with Crippen LogP contribution in [0.1, 0.15) is 36.3 Å². The first-order valence-corrected chi connectivity index (χ1v) is 11.3. The first-order valence-electron chi connectivity index (χ1n) is 11.3. The molecule has 1 fully saturated rings. The van der Waals surface area contributed by atoms with Crippen molar-refractivity contribution in [3.8, 4) is 0 Å². The molecule has 0 bridgehead atoms. The van der Waals surface area contributed by atoms with Crippen LogP contribution in [0.4, 0.5) is 0 Å². The highest BCUT2D eigenvalue weighted by Gasteiger charge is 2.39. The number of piperidine rings is 1. The summed E-state index contributed by atoms with van der Waals surface area (Å²) in [6.45, 7) is 2.27. The molecule has 1 aliphatic heterocycles. The van der Waals surface area contributed by atoms with Crippen LogP contribution >= 0.6 is 0 Å². The Bertz CT molecular complexity index is 976. The number of nitrogens with one attached hydrogen (secondary N) is 1. The standard InChI is InChI=1S/C25H33N3O2/c1-27-14-18(13-26-25(29)30-16-17-7-4-3-5-8-17)11-21-20-9-6-10-22-24(20)19(12-23(21)27)15-28(22)2/h4,6-10,15,18,21,23,25-26,29H,3,5,11-14,16H2,1-2H3. The Balaban J connectivity index is 1.23. The number of allylic oxidation sites excluding steroid dienone is 2. The molecule has 0 radical (unpaired) electrons. The molecule has 2 N–H and O–H groups in total. The van der Waals surface area contributed by atoms with Gasteiger partial charge < -0.3 is 19.3 Å². The third-order valence-corrected chi connectivity index (χ3v) is 7.18. The van der Waals surface area contributed by atoms with Crippen LogP contribution < -0.4 is 5.32 Å². The Morgan fingerprint density at radius 1 is 1.27 bits per heavy atom. The minimum Gasteiger partial charge on any atom is -0.356 e. The number of hydrogen-bond acceptors (Lipinski definition) is 4. The Labute approximate surface area is 179 Å². The third-order valence-electron chi connectivity index (χ3n) is 7.18. The van der Waals surface area contributed by atoms with Gasteiger partial charge in [0.15, 0.2) is 0 Å². The summed E-state index contributed by atoms with van der Waals surface area (Å²) in [6.07, 6.45) is 12.3. The second-order valence-electron chi connectivity index (χ2n) is 9.26. The minimum atomic E-state index is -0.917. The Morgan fingerprint density at radius 3 is 3.00 bits per heavy atom. The maximum Gasteiger partial charge on any atom is 0.213 e. The summed E-state index contributed by atoms with van der Waals surface area (Å²) < 4.78 is 7.88. The quantitative estimate of drug-likeness (QED) is 0.722. The average molecular weight is 408 g/mol. The van der Waals surface area contributed by atoms with E-state index in [1.54, 1.807) is 0 Å². The summed E-state index contributed by atoms with van der Waals surface area (Å²) in [5, 5.41) is 14.9. The molecule has 4 unspecified atom stereocenters. The van der Waals surface area contributed by atoms with E-state index in [2.05, 4.69) is 71.5 Å². The van der Waals surface area contributed by atoms with Crippen molar-refractivity contribution in [2.75, 3.05) is 26.7 Å². The predicted molar refractivity (Wildman–Crippen MR) is 120 cm³/mol. The van der Waals surface area contributed by atoms with Crippen LogP contribution in [0.5, 0.6) is 0 Å². The van der Waals surface area contributed by atoms with Gasteiger partial charge in [0.2, 0.25) is 6.41 Å². The number of aliphatic hydroxyl groups is 1. The fourth-order valence-corrected chi connectivity index (χ4v) is 5.76. The van der Waals surface area contributed by atoms with Crippen LogP contribution in [0.2, 0.25) is 0 Å². The van der Waals surface area contributed by atoms with Crippen LogP contribution in [-0.4, -0.2) is 53.8 Å². The fraction of sp³-hybridized carbons (Fsp3) is 0.520. The summed E-state index contributed by atoms with van der Waals surface area (Å²) in [7, 11) is 4.41. The number of rotatable bonds is 6. The van der Waals surface area contributed by atoms with E-state index < -0.39 is 6.41 Å². The molecule has 30 heavy (non-hydrogen) atoms. The van der Waals surface area contributed by atoms with Crippen molar-refractivity contribution in [2.45, 2.75) is 44.1 Å². The molecule has 3 aliphatic rings. The molecular weight excluding hydrogens is 374 g/mol. The Hall–Kier alpha value is -1.92. The van der Waals surface area contributed by atoms with Crippen LogP contribution in [0.3, 0.4) is 0 Å². The molecule has 5 rings (SSSR count). The number of likely N-dealkylation sites (tertiary alicyclic amines) is 1. The number of aromatic nitrogens is 1. The lowest BCUT2D eigenvalue weighted by Crippen LogP contribution is -2.50. The molecule has 1 aromatic heterocycles. The van der Waals surface area contributed by atoms with E-state index in [9.17, 15) is 5.11 Å². The zero-order valence-electron chi connectivity index (χ0n) is 18.1. The topological polar surface area (TPSA) is 49.7 Å². The number of nitrogens with zero attached hydrogens (tertiary/aromatic N) is 2. The van der Waals surface area contributed by atoms with Crippen LogP contribution in [-0.2, 0) is 18.2 Å². The average Bonchev–Trinajstić information content (AvgIpc) is 3.09. The van der Waals surface area contributed by atoms with Gasteiger partial charge in [-0.15, -0.1) is 0 Å².